The third-order valence-corrected chi connectivity index (χ3v) is 2.27. The summed E-state index contributed by atoms with van der Waals surface area (Å²) in [5, 5.41) is 3.52. The fourth-order valence-electron chi connectivity index (χ4n) is 1.40. The normalized spacial score (nSPS) is 13.4. The second kappa shape index (κ2) is 10.4. The molecule has 0 aliphatic rings. The summed E-state index contributed by atoms with van der Waals surface area (Å²) in [6.07, 6.45) is 3.65. The summed E-state index contributed by atoms with van der Waals surface area (Å²) in [4.78, 5) is 0. The molecule has 0 aliphatic heterocycles. The largest absolute Gasteiger partial charge is 0.385 e. The average Bonchev–Trinajstić information content (AvgIpc) is 2.20. The summed E-state index contributed by atoms with van der Waals surface area (Å²) >= 11 is 0. The maximum atomic E-state index is 5.55. The molecule has 0 aromatic rings. The fraction of sp³-hybridized carbons (Fsp3) is 1.00. The van der Waals surface area contributed by atoms with E-state index in [0.717, 1.165) is 32.6 Å². The van der Waals surface area contributed by atoms with E-state index in [4.69, 9.17) is 9.47 Å². The van der Waals surface area contributed by atoms with Gasteiger partial charge >= 0.3 is 0 Å². The van der Waals surface area contributed by atoms with Crippen LogP contribution in [0, 0.1) is 0 Å². The lowest BCUT2D eigenvalue weighted by Gasteiger charge is -2.18. The van der Waals surface area contributed by atoms with E-state index >= 15 is 0 Å². The van der Waals surface area contributed by atoms with Crippen molar-refractivity contribution in [1.82, 2.24) is 5.32 Å². The minimum atomic E-state index is 0.333. The van der Waals surface area contributed by atoms with Gasteiger partial charge in [0.1, 0.15) is 0 Å². The minimum Gasteiger partial charge on any atom is -0.385 e. The van der Waals surface area contributed by atoms with Gasteiger partial charge in [0.25, 0.3) is 0 Å². The summed E-state index contributed by atoms with van der Waals surface area (Å²) < 4.78 is 10.7. The average molecular weight is 217 g/mol. The van der Waals surface area contributed by atoms with E-state index in [2.05, 4.69) is 26.1 Å². The van der Waals surface area contributed by atoms with Crippen LogP contribution in [0.4, 0.5) is 0 Å². The molecule has 15 heavy (non-hydrogen) atoms. The zero-order chi connectivity index (χ0) is 11.5. The SMILES string of the molecule is CCCNC(CCOC)CCOC(C)C. The van der Waals surface area contributed by atoms with Gasteiger partial charge in [-0.25, -0.2) is 0 Å². The Morgan fingerprint density at radius 1 is 1.13 bits per heavy atom. The lowest BCUT2D eigenvalue weighted by molar-refractivity contribution is 0.0685. The van der Waals surface area contributed by atoms with Gasteiger partial charge in [-0.05, 0) is 39.7 Å². The molecule has 92 valence electrons. The third-order valence-electron chi connectivity index (χ3n) is 2.27. The van der Waals surface area contributed by atoms with Gasteiger partial charge in [-0.3, -0.25) is 0 Å². The molecule has 3 heteroatoms. The summed E-state index contributed by atoms with van der Waals surface area (Å²) in [5.74, 6) is 0. The zero-order valence-electron chi connectivity index (χ0n) is 10.7. The van der Waals surface area contributed by atoms with Crippen LogP contribution in [0.2, 0.25) is 0 Å². The highest BCUT2D eigenvalue weighted by Gasteiger charge is 2.07. The molecule has 3 nitrogen and oxygen atoms in total. The predicted octanol–water partition coefficient (Wildman–Crippen LogP) is 2.21. The number of nitrogens with one attached hydrogen (secondary N) is 1. The highest BCUT2D eigenvalue weighted by molar-refractivity contribution is 4.66. The smallest absolute Gasteiger partial charge is 0.0518 e. The van der Waals surface area contributed by atoms with Crippen LogP contribution in [0.15, 0.2) is 0 Å². The number of hydrogen-bond acceptors (Lipinski definition) is 3. The van der Waals surface area contributed by atoms with Crippen LogP contribution in [-0.4, -0.2) is 39.0 Å². The standard InChI is InChI=1S/C12H27NO2/c1-5-8-13-12(6-9-14-4)7-10-15-11(2)3/h11-13H,5-10H2,1-4H3. The first-order valence-electron chi connectivity index (χ1n) is 6.04. The van der Waals surface area contributed by atoms with Crippen LogP contribution < -0.4 is 5.32 Å². The summed E-state index contributed by atoms with van der Waals surface area (Å²) in [6.45, 7) is 9.07. The molecule has 1 N–H and O–H groups in total. The Morgan fingerprint density at radius 3 is 2.33 bits per heavy atom. The van der Waals surface area contributed by atoms with Crippen LogP contribution in [0.1, 0.15) is 40.0 Å². The molecule has 0 aromatic carbocycles. The number of ether oxygens (including phenoxy) is 2. The molecule has 1 unspecified atom stereocenters. The Kier molecular flexibility index (Phi) is 10.3. The molecule has 0 rings (SSSR count). The second-order valence-corrected chi connectivity index (χ2v) is 4.14. The Hall–Kier alpha value is -0.120. The van der Waals surface area contributed by atoms with Crippen molar-refractivity contribution in [3.05, 3.63) is 0 Å². The van der Waals surface area contributed by atoms with E-state index in [1.165, 1.54) is 6.42 Å². The summed E-state index contributed by atoms with van der Waals surface area (Å²) in [7, 11) is 1.75. The van der Waals surface area contributed by atoms with Crippen molar-refractivity contribution in [2.75, 3.05) is 26.9 Å². The van der Waals surface area contributed by atoms with Crippen molar-refractivity contribution < 1.29 is 9.47 Å². The first-order valence-corrected chi connectivity index (χ1v) is 6.04. The lowest BCUT2D eigenvalue weighted by Crippen LogP contribution is -2.32. The monoisotopic (exact) mass is 217 g/mol. The Labute approximate surface area is 94.5 Å². The molecule has 0 amide bonds. The van der Waals surface area contributed by atoms with Crippen LogP contribution in [0.3, 0.4) is 0 Å². The topological polar surface area (TPSA) is 30.5 Å². The van der Waals surface area contributed by atoms with Gasteiger partial charge in [0.15, 0.2) is 0 Å². The molecule has 0 fully saturated rings. The molecule has 0 saturated heterocycles. The van der Waals surface area contributed by atoms with Crippen molar-refractivity contribution in [3.63, 3.8) is 0 Å². The second-order valence-electron chi connectivity index (χ2n) is 4.14. The maximum absolute atomic E-state index is 5.55. The minimum absolute atomic E-state index is 0.333. The van der Waals surface area contributed by atoms with Crippen molar-refractivity contribution in [3.8, 4) is 0 Å². The van der Waals surface area contributed by atoms with E-state index in [9.17, 15) is 0 Å². The Bertz CT molecular complexity index is 121. The van der Waals surface area contributed by atoms with Gasteiger partial charge in [0.2, 0.25) is 0 Å². The van der Waals surface area contributed by atoms with Gasteiger partial charge in [-0.1, -0.05) is 6.92 Å². The fourth-order valence-corrected chi connectivity index (χ4v) is 1.40. The van der Waals surface area contributed by atoms with E-state index in [0.29, 0.717) is 12.1 Å². The lowest BCUT2D eigenvalue weighted by atomic mass is 10.1. The third kappa shape index (κ3) is 10.2. The van der Waals surface area contributed by atoms with Crippen LogP contribution in [-0.2, 0) is 9.47 Å². The van der Waals surface area contributed by atoms with Gasteiger partial charge in [-0.2, -0.15) is 0 Å². The van der Waals surface area contributed by atoms with Crippen molar-refractivity contribution in [1.29, 1.82) is 0 Å². The predicted molar refractivity (Wildman–Crippen MR) is 64.3 cm³/mol. The van der Waals surface area contributed by atoms with Gasteiger partial charge < -0.3 is 14.8 Å². The molecule has 1 atom stereocenters. The molecule has 0 spiro atoms. The molecule has 0 aliphatic carbocycles. The molecule has 0 saturated carbocycles. The quantitative estimate of drug-likeness (QED) is 0.608. The van der Waals surface area contributed by atoms with E-state index in [1.54, 1.807) is 7.11 Å². The van der Waals surface area contributed by atoms with Crippen molar-refractivity contribution >= 4 is 0 Å². The van der Waals surface area contributed by atoms with Gasteiger partial charge in [0.05, 0.1) is 6.10 Å². The number of rotatable bonds is 10. The summed E-state index contributed by atoms with van der Waals surface area (Å²) in [6, 6.07) is 0.531. The van der Waals surface area contributed by atoms with Crippen LogP contribution in [0.5, 0.6) is 0 Å². The van der Waals surface area contributed by atoms with Gasteiger partial charge in [0, 0.05) is 26.4 Å². The molecule has 0 radical (unpaired) electrons. The first-order chi connectivity index (χ1) is 7.20. The van der Waals surface area contributed by atoms with E-state index in [1.807, 2.05) is 0 Å². The first kappa shape index (κ1) is 14.9. The maximum Gasteiger partial charge on any atom is 0.0518 e. The highest BCUT2D eigenvalue weighted by Crippen LogP contribution is 2.01. The van der Waals surface area contributed by atoms with Crippen molar-refractivity contribution in [2.24, 2.45) is 0 Å². The highest BCUT2D eigenvalue weighted by atomic mass is 16.5. The Morgan fingerprint density at radius 2 is 1.80 bits per heavy atom. The van der Waals surface area contributed by atoms with E-state index < -0.39 is 0 Å². The summed E-state index contributed by atoms with van der Waals surface area (Å²) in [5.41, 5.74) is 0. The van der Waals surface area contributed by atoms with Crippen LogP contribution >= 0.6 is 0 Å². The zero-order valence-corrected chi connectivity index (χ0v) is 10.7. The molecule has 0 heterocycles. The van der Waals surface area contributed by atoms with Gasteiger partial charge in [-0.15, -0.1) is 0 Å². The number of methoxy groups -OCH3 is 1. The Balaban J connectivity index is 3.58. The molecular weight excluding hydrogens is 190 g/mol. The van der Waals surface area contributed by atoms with Crippen LogP contribution in [0.25, 0.3) is 0 Å². The van der Waals surface area contributed by atoms with E-state index in [-0.39, 0.29) is 0 Å². The molecule has 0 bridgehead atoms. The van der Waals surface area contributed by atoms with Crippen molar-refractivity contribution in [2.45, 2.75) is 52.2 Å². The molecule has 0 aromatic heterocycles. The molecular formula is C12H27NO2. The number of hydrogen-bond donors (Lipinski definition) is 1.